The quantitative estimate of drug-likeness (QED) is 0.732. The molecule has 1 rings (SSSR count). The van der Waals surface area contributed by atoms with Crippen LogP contribution in [0.1, 0.15) is 24.2 Å². The number of nitrogens with one attached hydrogen (secondary N) is 1. The van der Waals surface area contributed by atoms with Crippen LogP contribution in [0.25, 0.3) is 0 Å². The highest BCUT2D eigenvalue weighted by molar-refractivity contribution is 5.28. The summed E-state index contributed by atoms with van der Waals surface area (Å²) in [7, 11) is 0. The monoisotopic (exact) mass is 216 g/mol. The predicted molar refractivity (Wildman–Crippen MR) is 53.9 cm³/mol. The highest BCUT2D eigenvalue weighted by Gasteiger charge is 2.11. The van der Waals surface area contributed by atoms with Crippen molar-refractivity contribution in [3.63, 3.8) is 0 Å². The van der Waals surface area contributed by atoms with Crippen LogP contribution in [0.2, 0.25) is 0 Å². The number of nitrogens with zero attached hydrogens (tertiary/aromatic N) is 2. The SMILES string of the molecule is Cc1cc(C(F)F)nc(NCCCN)n1. The molecule has 15 heavy (non-hydrogen) atoms. The molecule has 0 aliphatic heterocycles. The second-order valence-corrected chi connectivity index (χ2v) is 3.13. The standard InChI is InChI=1S/C9H14F2N4/c1-6-5-7(8(10)11)15-9(14-6)13-4-2-3-12/h5,8H,2-4,12H2,1H3,(H,13,14,15). The molecule has 1 aromatic heterocycles. The normalized spacial score (nSPS) is 10.7. The lowest BCUT2D eigenvalue weighted by molar-refractivity contribution is 0.146. The first-order valence-corrected chi connectivity index (χ1v) is 4.71. The van der Waals surface area contributed by atoms with E-state index in [0.717, 1.165) is 6.42 Å². The molecule has 0 spiro atoms. The van der Waals surface area contributed by atoms with E-state index in [2.05, 4.69) is 15.3 Å². The van der Waals surface area contributed by atoms with E-state index < -0.39 is 6.43 Å². The average molecular weight is 216 g/mol. The molecular formula is C9H14F2N4. The van der Waals surface area contributed by atoms with Crippen LogP contribution in [0.5, 0.6) is 0 Å². The summed E-state index contributed by atoms with van der Waals surface area (Å²) in [6, 6.07) is 1.28. The fourth-order valence-corrected chi connectivity index (χ4v) is 1.09. The van der Waals surface area contributed by atoms with Gasteiger partial charge in [-0.1, -0.05) is 0 Å². The minimum atomic E-state index is -2.57. The van der Waals surface area contributed by atoms with E-state index in [1.807, 2.05) is 0 Å². The van der Waals surface area contributed by atoms with E-state index in [0.29, 0.717) is 18.8 Å². The molecule has 0 aliphatic carbocycles. The van der Waals surface area contributed by atoms with Crippen molar-refractivity contribution in [3.05, 3.63) is 17.5 Å². The van der Waals surface area contributed by atoms with Gasteiger partial charge in [-0.25, -0.2) is 18.7 Å². The summed E-state index contributed by atoms with van der Waals surface area (Å²) in [6.45, 7) is 2.78. The van der Waals surface area contributed by atoms with Gasteiger partial charge in [0.05, 0.1) is 0 Å². The van der Waals surface area contributed by atoms with Crippen LogP contribution in [-0.4, -0.2) is 23.1 Å². The van der Waals surface area contributed by atoms with Crippen molar-refractivity contribution in [2.75, 3.05) is 18.4 Å². The van der Waals surface area contributed by atoms with Gasteiger partial charge >= 0.3 is 0 Å². The van der Waals surface area contributed by atoms with Crippen molar-refractivity contribution >= 4 is 5.95 Å². The Labute approximate surface area is 86.9 Å². The maximum absolute atomic E-state index is 12.4. The number of hydrogen-bond donors (Lipinski definition) is 2. The van der Waals surface area contributed by atoms with Gasteiger partial charge in [0.2, 0.25) is 5.95 Å². The van der Waals surface area contributed by atoms with E-state index in [-0.39, 0.29) is 11.6 Å². The lowest BCUT2D eigenvalue weighted by Gasteiger charge is -2.06. The smallest absolute Gasteiger partial charge is 0.280 e. The Kier molecular flexibility index (Phi) is 4.36. The molecule has 0 unspecified atom stereocenters. The maximum atomic E-state index is 12.4. The van der Waals surface area contributed by atoms with E-state index in [4.69, 9.17) is 5.73 Å². The molecule has 0 atom stereocenters. The number of nitrogens with two attached hydrogens (primary N) is 1. The average Bonchev–Trinajstić information content (AvgIpc) is 2.17. The van der Waals surface area contributed by atoms with Crippen LogP contribution >= 0.6 is 0 Å². The van der Waals surface area contributed by atoms with Gasteiger partial charge in [0, 0.05) is 12.2 Å². The van der Waals surface area contributed by atoms with Crippen LogP contribution < -0.4 is 11.1 Å². The summed E-state index contributed by atoms with van der Waals surface area (Å²) >= 11 is 0. The molecule has 4 nitrogen and oxygen atoms in total. The zero-order valence-corrected chi connectivity index (χ0v) is 8.50. The number of hydrogen-bond acceptors (Lipinski definition) is 4. The molecule has 1 heterocycles. The Morgan fingerprint density at radius 2 is 2.20 bits per heavy atom. The second-order valence-electron chi connectivity index (χ2n) is 3.13. The van der Waals surface area contributed by atoms with Gasteiger partial charge in [-0.3, -0.25) is 0 Å². The van der Waals surface area contributed by atoms with Crippen LogP contribution in [0.3, 0.4) is 0 Å². The summed E-state index contributed by atoms with van der Waals surface area (Å²) in [5.41, 5.74) is 5.57. The van der Waals surface area contributed by atoms with Gasteiger partial charge in [-0.2, -0.15) is 0 Å². The van der Waals surface area contributed by atoms with Crippen LogP contribution in [0, 0.1) is 6.92 Å². The van der Waals surface area contributed by atoms with E-state index in [1.54, 1.807) is 6.92 Å². The minimum absolute atomic E-state index is 0.235. The summed E-state index contributed by atoms with van der Waals surface area (Å²) in [6.07, 6.45) is -1.82. The third kappa shape index (κ3) is 3.75. The molecule has 3 N–H and O–H groups in total. The van der Waals surface area contributed by atoms with E-state index >= 15 is 0 Å². The van der Waals surface area contributed by atoms with E-state index in [9.17, 15) is 8.78 Å². The molecule has 84 valence electrons. The van der Waals surface area contributed by atoms with Crippen molar-refractivity contribution in [2.45, 2.75) is 19.8 Å². The first kappa shape index (κ1) is 11.8. The third-order valence-electron chi connectivity index (χ3n) is 1.76. The van der Waals surface area contributed by atoms with Gasteiger partial charge in [0.25, 0.3) is 6.43 Å². The lowest BCUT2D eigenvalue weighted by Crippen LogP contribution is -2.11. The number of alkyl halides is 2. The number of aryl methyl sites for hydroxylation is 1. The molecule has 0 radical (unpaired) electrons. The van der Waals surface area contributed by atoms with Crippen molar-refractivity contribution in [1.29, 1.82) is 0 Å². The topological polar surface area (TPSA) is 63.8 Å². The van der Waals surface area contributed by atoms with E-state index in [1.165, 1.54) is 6.07 Å². The Morgan fingerprint density at radius 3 is 2.80 bits per heavy atom. The summed E-state index contributed by atoms with van der Waals surface area (Å²) in [4.78, 5) is 7.68. The number of aromatic nitrogens is 2. The molecule has 0 aromatic carbocycles. The Morgan fingerprint density at radius 1 is 1.47 bits per heavy atom. The molecule has 0 amide bonds. The van der Waals surface area contributed by atoms with Crippen molar-refractivity contribution < 1.29 is 8.78 Å². The number of halogens is 2. The molecule has 1 aromatic rings. The maximum Gasteiger partial charge on any atom is 0.280 e. The fraction of sp³-hybridized carbons (Fsp3) is 0.556. The van der Waals surface area contributed by atoms with Crippen molar-refractivity contribution in [3.8, 4) is 0 Å². The third-order valence-corrected chi connectivity index (χ3v) is 1.76. The van der Waals surface area contributed by atoms with Gasteiger partial charge < -0.3 is 11.1 Å². The summed E-state index contributed by atoms with van der Waals surface area (Å²) in [5.74, 6) is 0.235. The zero-order chi connectivity index (χ0) is 11.3. The summed E-state index contributed by atoms with van der Waals surface area (Å²) in [5, 5.41) is 2.85. The molecule has 0 saturated carbocycles. The Bertz CT molecular complexity index is 317. The van der Waals surface area contributed by atoms with Crippen molar-refractivity contribution in [2.24, 2.45) is 5.73 Å². The summed E-state index contributed by atoms with van der Waals surface area (Å²) < 4.78 is 24.8. The molecule has 6 heteroatoms. The van der Waals surface area contributed by atoms with Crippen LogP contribution in [-0.2, 0) is 0 Å². The molecule has 0 saturated heterocycles. The predicted octanol–water partition coefficient (Wildman–Crippen LogP) is 1.48. The largest absolute Gasteiger partial charge is 0.354 e. The molecule has 0 bridgehead atoms. The highest BCUT2D eigenvalue weighted by atomic mass is 19.3. The van der Waals surface area contributed by atoms with Crippen LogP contribution in [0.15, 0.2) is 6.07 Å². The van der Waals surface area contributed by atoms with Gasteiger partial charge in [0.1, 0.15) is 5.69 Å². The highest BCUT2D eigenvalue weighted by Crippen LogP contribution is 2.17. The molecular weight excluding hydrogens is 202 g/mol. The molecule has 0 aliphatic rings. The van der Waals surface area contributed by atoms with Gasteiger partial charge in [0.15, 0.2) is 0 Å². The van der Waals surface area contributed by atoms with Gasteiger partial charge in [-0.05, 0) is 26.0 Å². The minimum Gasteiger partial charge on any atom is -0.354 e. The fourth-order valence-electron chi connectivity index (χ4n) is 1.09. The molecule has 0 fully saturated rings. The zero-order valence-electron chi connectivity index (χ0n) is 8.50. The number of anilines is 1. The number of rotatable bonds is 5. The lowest BCUT2D eigenvalue weighted by atomic mass is 10.3. The Balaban J connectivity index is 2.71. The Hall–Kier alpha value is -1.30. The van der Waals surface area contributed by atoms with Gasteiger partial charge in [-0.15, -0.1) is 0 Å². The van der Waals surface area contributed by atoms with Crippen molar-refractivity contribution in [1.82, 2.24) is 9.97 Å². The first-order chi connectivity index (χ1) is 7.13. The first-order valence-electron chi connectivity index (χ1n) is 4.71. The second kappa shape index (κ2) is 5.55. The van der Waals surface area contributed by atoms with Crippen LogP contribution in [0.4, 0.5) is 14.7 Å².